The van der Waals surface area contributed by atoms with Gasteiger partial charge in [-0.3, -0.25) is 4.79 Å². The lowest BCUT2D eigenvalue weighted by molar-refractivity contribution is -0.121. The SMILES string of the molecule is Cl.Cl.O=C(Cc1coc(-c2ccc(F)cc2)n1)NC1CCNCC1. The molecule has 5 nitrogen and oxygen atoms in total. The van der Waals surface area contributed by atoms with E-state index in [0.29, 0.717) is 17.1 Å². The summed E-state index contributed by atoms with van der Waals surface area (Å²) in [6.07, 6.45) is 3.56. The van der Waals surface area contributed by atoms with E-state index >= 15 is 0 Å². The van der Waals surface area contributed by atoms with Crippen LogP contribution in [0.4, 0.5) is 4.39 Å². The number of piperidine rings is 1. The molecule has 0 spiro atoms. The average molecular weight is 376 g/mol. The molecule has 1 aromatic carbocycles. The Morgan fingerprint density at radius 1 is 1.25 bits per heavy atom. The third kappa shape index (κ3) is 5.47. The highest BCUT2D eigenvalue weighted by Gasteiger charge is 2.17. The standard InChI is InChI=1S/C16H18FN3O2.2ClH/c17-12-3-1-11(2-4-12)16-20-14(10-22-16)9-15(21)19-13-5-7-18-8-6-13;;/h1-4,10,13,18H,5-9H2,(H,19,21);2*1H. The number of rotatable bonds is 4. The molecule has 8 heteroatoms. The predicted molar refractivity (Wildman–Crippen MR) is 94.1 cm³/mol. The van der Waals surface area contributed by atoms with E-state index in [9.17, 15) is 9.18 Å². The van der Waals surface area contributed by atoms with Crippen molar-refractivity contribution < 1.29 is 13.6 Å². The number of benzene rings is 1. The van der Waals surface area contributed by atoms with E-state index < -0.39 is 0 Å². The second kappa shape index (κ2) is 9.61. The number of nitrogens with zero attached hydrogens (tertiary/aromatic N) is 1. The second-order valence-corrected chi connectivity index (χ2v) is 5.42. The molecule has 1 saturated heterocycles. The zero-order chi connectivity index (χ0) is 15.4. The fraction of sp³-hybridized carbons (Fsp3) is 0.375. The monoisotopic (exact) mass is 375 g/mol. The van der Waals surface area contributed by atoms with E-state index in [4.69, 9.17) is 4.42 Å². The zero-order valence-corrected chi connectivity index (χ0v) is 14.6. The summed E-state index contributed by atoms with van der Waals surface area (Å²) in [7, 11) is 0. The van der Waals surface area contributed by atoms with Gasteiger partial charge in [0, 0.05) is 11.6 Å². The van der Waals surface area contributed by atoms with Crippen LogP contribution < -0.4 is 10.6 Å². The smallest absolute Gasteiger partial charge is 0.226 e. The molecule has 3 rings (SSSR count). The summed E-state index contributed by atoms with van der Waals surface area (Å²) >= 11 is 0. The van der Waals surface area contributed by atoms with E-state index in [-0.39, 0.29) is 49.0 Å². The minimum atomic E-state index is -0.308. The van der Waals surface area contributed by atoms with Gasteiger partial charge in [-0.05, 0) is 50.2 Å². The molecule has 1 aromatic heterocycles. The molecule has 24 heavy (non-hydrogen) atoms. The van der Waals surface area contributed by atoms with Crippen LogP contribution in [0.5, 0.6) is 0 Å². The first-order chi connectivity index (χ1) is 10.7. The second-order valence-electron chi connectivity index (χ2n) is 5.42. The van der Waals surface area contributed by atoms with Crippen LogP contribution in [0.3, 0.4) is 0 Å². The first-order valence-corrected chi connectivity index (χ1v) is 7.41. The van der Waals surface area contributed by atoms with Gasteiger partial charge in [0.2, 0.25) is 11.8 Å². The number of hydrogen-bond donors (Lipinski definition) is 2. The Labute approximate surface area is 152 Å². The van der Waals surface area contributed by atoms with Gasteiger partial charge in [0.05, 0.1) is 12.1 Å². The number of amides is 1. The van der Waals surface area contributed by atoms with Crippen LogP contribution in [0.2, 0.25) is 0 Å². The quantitative estimate of drug-likeness (QED) is 0.861. The fourth-order valence-electron chi connectivity index (χ4n) is 2.52. The molecule has 2 heterocycles. The molecule has 2 N–H and O–H groups in total. The summed E-state index contributed by atoms with van der Waals surface area (Å²) in [6, 6.07) is 6.13. The maximum Gasteiger partial charge on any atom is 0.226 e. The van der Waals surface area contributed by atoms with Gasteiger partial charge in [-0.15, -0.1) is 24.8 Å². The molecule has 1 aliphatic rings. The summed E-state index contributed by atoms with van der Waals surface area (Å²) < 4.78 is 18.3. The van der Waals surface area contributed by atoms with Gasteiger partial charge in [0.1, 0.15) is 12.1 Å². The highest BCUT2D eigenvalue weighted by molar-refractivity contribution is 5.85. The first kappa shape index (κ1) is 20.4. The third-order valence-electron chi connectivity index (χ3n) is 3.69. The molecular weight excluding hydrogens is 356 g/mol. The Hall–Kier alpha value is -1.63. The van der Waals surface area contributed by atoms with Gasteiger partial charge in [0.25, 0.3) is 0 Å². The third-order valence-corrected chi connectivity index (χ3v) is 3.69. The minimum absolute atomic E-state index is 0. The van der Waals surface area contributed by atoms with Gasteiger partial charge in [-0.1, -0.05) is 0 Å². The number of oxazole rings is 1. The largest absolute Gasteiger partial charge is 0.444 e. The van der Waals surface area contributed by atoms with Crippen molar-refractivity contribution in [2.75, 3.05) is 13.1 Å². The maximum absolute atomic E-state index is 12.9. The number of halogens is 3. The van der Waals surface area contributed by atoms with Gasteiger partial charge in [0.15, 0.2) is 0 Å². The first-order valence-electron chi connectivity index (χ1n) is 7.41. The lowest BCUT2D eigenvalue weighted by Gasteiger charge is -2.23. The van der Waals surface area contributed by atoms with Crippen LogP contribution in [0.15, 0.2) is 34.9 Å². The Morgan fingerprint density at radius 3 is 2.58 bits per heavy atom. The van der Waals surface area contributed by atoms with E-state index in [1.165, 1.54) is 18.4 Å². The predicted octanol–water partition coefficient (Wildman–Crippen LogP) is 2.74. The molecule has 0 radical (unpaired) electrons. The van der Waals surface area contributed by atoms with Crippen molar-refractivity contribution in [2.24, 2.45) is 0 Å². The van der Waals surface area contributed by atoms with Gasteiger partial charge in [-0.25, -0.2) is 9.37 Å². The molecule has 0 aliphatic carbocycles. The molecule has 2 aromatic rings. The number of carbonyl (C=O) groups excluding carboxylic acids is 1. The number of nitrogens with one attached hydrogen (secondary N) is 2. The summed E-state index contributed by atoms with van der Waals surface area (Å²) in [6.45, 7) is 1.87. The van der Waals surface area contributed by atoms with Crippen LogP contribution in [0.1, 0.15) is 18.5 Å². The normalized spacial score (nSPS) is 14.4. The molecule has 0 atom stereocenters. The maximum atomic E-state index is 12.9. The minimum Gasteiger partial charge on any atom is -0.444 e. The van der Waals surface area contributed by atoms with Crippen molar-refractivity contribution in [1.29, 1.82) is 0 Å². The van der Waals surface area contributed by atoms with Crippen LogP contribution in [0, 0.1) is 5.82 Å². The molecule has 0 bridgehead atoms. The molecule has 0 saturated carbocycles. The Balaban J connectivity index is 0.00000144. The zero-order valence-electron chi connectivity index (χ0n) is 13.0. The van der Waals surface area contributed by atoms with Crippen LogP contribution in [-0.2, 0) is 11.2 Å². The molecule has 1 fully saturated rings. The Kier molecular flexibility index (Phi) is 8.18. The van der Waals surface area contributed by atoms with Crippen molar-refractivity contribution in [3.63, 3.8) is 0 Å². The van der Waals surface area contributed by atoms with Crippen molar-refractivity contribution in [3.05, 3.63) is 42.0 Å². The highest BCUT2D eigenvalue weighted by atomic mass is 35.5. The molecule has 132 valence electrons. The lowest BCUT2D eigenvalue weighted by Crippen LogP contribution is -2.43. The molecular formula is C16H20Cl2FN3O2. The van der Waals surface area contributed by atoms with Crippen molar-refractivity contribution in [2.45, 2.75) is 25.3 Å². The van der Waals surface area contributed by atoms with E-state index in [1.54, 1.807) is 12.1 Å². The van der Waals surface area contributed by atoms with Crippen molar-refractivity contribution in [1.82, 2.24) is 15.6 Å². The number of aromatic nitrogens is 1. The lowest BCUT2D eigenvalue weighted by atomic mass is 10.1. The summed E-state index contributed by atoms with van der Waals surface area (Å²) in [5, 5.41) is 6.27. The van der Waals surface area contributed by atoms with Crippen LogP contribution in [0.25, 0.3) is 11.5 Å². The summed E-state index contributed by atoms with van der Waals surface area (Å²) in [5.41, 5.74) is 1.26. The fourth-order valence-corrected chi connectivity index (χ4v) is 2.52. The topological polar surface area (TPSA) is 67.2 Å². The molecule has 0 unspecified atom stereocenters. The van der Waals surface area contributed by atoms with Crippen molar-refractivity contribution >= 4 is 30.7 Å². The summed E-state index contributed by atoms with van der Waals surface area (Å²) in [5.74, 6) is 0.0346. The van der Waals surface area contributed by atoms with Gasteiger partial charge < -0.3 is 15.1 Å². The highest BCUT2D eigenvalue weighted by Crippen LogP contribution is 2.19. The number of carbonyl (C=O) groups is 1. The van der Waals surface area contributed by atoms with Crippen molar-refractivity contribution in [3.8, 4) is 11.5 Å². The Bertz CT molecular complexity index is 643. The van der Waals surface area contributed by atoms with E-state index in [0.717, 1.165) is 25.9 Å². The van der Waals surface area contributed by atoms with Crippen LogP contribution in [-0.4, -0.2) is 30.0 Å². The van der Waals surface area contributed by atoms with Crippen LogP contribution >= 0.6 is 24.8 Å². The number of hydrogen-bond acceptors (Lipinski definition) is 4. The van der Waals surface area contributed by atoms with E-state index in [1.807, 2.05) is 0 Å². The average Bonchev–Trinajstić information content (AvgIpc) is 2.97. The van der Waals surface area contributed by atoms with E-state index in [2.05, 4.69) is 15.6 Å². The van der Waals surface area contributed by atoms with Gasteiger partial charge in [-0.2, -0.15) is 0 Å². The van der Waals surface area contributed by atoms with Gasteiger partial charge >= 0.3 is 0 Å². The summed E-state index contributed by atoms with van der Waals surface area (Å²) in [4.78, 5) is 16.3. The molecule has 1 amide bonds. The Morgan fingerprint density at radius 2 is 1.92 bits per heavy atom. The molecule has 1 aliphatic heterocycles.